The van der Waals surface area contributed by atoms with Crippen LogP contribution < -0.4 is 5.73 Å². The van der Waals surface area contributed by atoms with Crippen molar-refractivity contribution in [2.45, 2.75) is 0 Å². The van der Waals surface area contributed by atoms with E-state index in [9.17, 15) is 13.6 Å². The van der Waals surface area contributed by atoms with Crippen LogP contribution in [0.25, 0.3) is 0 Å². The number of hydrogen-bond acceptors (Lipinski definition) is 2. The van der Waals surface area contributed by atoms with Gasteiger partial charge < -0.3 is 5.73 Å². The van der Waals surface area contributed by atoms with Crippen molar-refractivity contribution >= 4 is 27.4 Å². The van der Waals surface area contributed by atoms with Gasteiger partial charge in [-0.05, 0) is 46.3 Å². The third kappa shape index (κ3) is 2.26. The second-order valence-electron chi connectivity index (χ2n) is 3.66. The van der Waals surface area contributed by atoms with E-state index in [2.05, 4.69) is 15.9 Å². The Kier molecular flexibility index (Phi) is 3.43. The minimum Gasteiger partial charge on any atom is -0.398 e. The fraction of sp³-hybridized carbons (Fsp3) is 0. The minimum atomic E-state index is -0.768. The molecule has 0 saturated heterocycles. The van der Waals surface area contributed by atoms with Gasteiger partial charge in [0.15, 0.2) is 5.78 Å². The largest absolute Gasteiger partial charge is 0.398 e. The van der Waals surface area contributed by atoms with Crippen LogP contribution in [0.5, 0.6) is 0 Å². The molecule has 18 heavy (non-hydrogen) atoms. The molecule has 0 radical (unpaired) electrons. The number of rotatable bonds is 2. The molecular weight excluding hydrogens is 304 g/mol. The van der Waals surface area contributed by atoms with Crippen molar-refractivity contribution in [1.29, 1.82) is 0 Å². The van der Waals surface area contributed by atoms with Gasteiger partial charge in [0.1, 0.15) is 11.6 Å². The molecule has 92 valence electrons. The molecule has 2 N–H and O–H groups in total. The van der Waals surface area contributed by atoms with Gasteiger partial charge in [-0.2, -0.15) is 0 Å². The topological polar surface area (TPSA) is 43.1 Å². The lowest BCUT2D eigenvalue weighted by atomic mass is 10.0. The molecule has 0 heterocycles. The van der Waals surface area contributed by atoms with Gasteiger partial charge in [0.25, 0.3) is 0 Å². The maximum atomic E-state index is 13.5. The number of carbonyl (C=O) groups is 1. The molecular formula is C13H8BrF2NO. The summed E-state index contributed by atoms with van der Waals surface area (Å²) < 4.78 is 26.9. The van der Waals surface area contributed by atoms with Crippen LogP contribution in [0, 0.1) is 11.6 Å². The number of carbonyl (C=O) groups excluding carboxylic acids is 1. The molecule has 0 aromatic heterocycles. The van der Waals surface area contributed by atoms with Crippen LogP contribution in [-0.4, -0.2) is 5.78 Å². The Morgan fingerprint density at radius 2 is 1.83 bits per heavy atom. The zero-order valence-electron chi connectivity index (χ0n) is 9.08. The Labute approximate surface area is 111 Å². The lowest BCUT2D eigenvalue weighted by Crippen LogP contribution is -2.07. The van der Waals surface area contributed by atoms with E-state index >= 15 is 0 Å². The van der Waals surface area contributed by atoms with E-state index in [0.717, 1.165) is 18.2 Å². The highest BCUT2D eigenvalue weighted by atomic mass is 79.9. The minimum absolute atomic E-state index is 0.194. The average Bonchev–Trinajstić information content (AvgIpc) is 2.35. The molecule has 0 fully saturated rings. The van der Waals surface area contributed by atoms with Gasteiger partial charge in [-0.1, -0.05) is 6.07 Å². The van der Waals surface area contributed by atoms with Gasteiger partial charge in [-0.15, -0.1) is 0 Å². The van der Waals surface area contributed by atoms with Crippen LogP contribution in [0.3, 0.4) is 0 Å². The fourth-order valence-electron chi connectivity index (χ4n) is 1.54. The van der Waals surface area contributed by atoms with Crippen LogP contribution >= 0.6 is 15.9 Å². The first-order chi connectivity index (χ1) is 8.50. The van der Waals surface area contributed by atoms with Crippen molar-refractivity contribution in [3.63, 3.8) is 0 Å². The molecule has 0 amide bonds. The highest BCUT2D eigenvalue weighted by Gasteiger charge is 2.18. The maximum absolute atomic E-state index is 13.5. The molecule has 0 aliphatic rings. The fourth-order valence-corrected chi connectivity index (χ4v) is 1.99. The summed E-state index contributed by atoms with van der Waals surface area (Å²) in [4.78, 5) is 12.1. The van der Waals surface area contributed by atoms with Crippen LogP contribution in [0.15, 0.2) is 40.9 Å². The first kappa shape index (κ1) is 12.7. The quantitative estimate of drug-likeness (QED) is 0.681. The van der Waals surface area contributed by atoms with Crippen molar-refractivity contribution in [2.75, 3.05) is 5.73 Å². The van der Waals surface area contributed by atoms with Crippen LogP contribution in [0.2, 0.25) is 0 Å². The zero-order chi connectivity index (χ0) is 13.3. The highest BCUT2D eigenvalue weighted by molar-refractivity contribution is 9.10. The van der Waals surface area contributed by atoms with E-state index in [4.69, 9.17) is 5.73 Å². The molecule has 2 aromatic carbocycles. The molecule has 2 nitrogen and oxygen atoms in total. The van der Waals surface area contributed by atoms with Crippen molar-refractivity contribution in [3.05, 3.63) is 63.6 Å². The van der Waals surface area contributed by atoms with Crippen LogP contribution in [0.4, 0.5) is 14.5 Å². The van der Waals surface area contributed by atoms with Crippen molar-refractivity contribution in [3.8, 4) is 0 Å². The third-order valence-corrected chi connectivity index (χ3v) is 3.33. The summed E-state index contributed by atoms with van der Waals surface area (Å²) in [5.74, 6) is -2.05. The first-order valence-corrected chi connectivity index (χ1v) is 5.83. The number of hydrogen-bond donors (Lipinski definition) is 1. The number of benzene rings is 2. The molecule has 5 heteroatoms. The van der Waals surface area contributed by atoms with E-state index in [0.29, 0.717) is 10.2 Å². The summed E-state index contributed by atoms with van der Waals surface area (Å²) in [6, 6.07) is 7.41. The normalized spacial score (nSPS) is 10.4. The monoisotopic (exact) mass is 311 g/mol. The molecule has 0 aliphatic heterocycles. The second-order valence-corrected chi connectivity index (χ2v) is 4.46. The first-order valence-electron chi connectivity index (χ1n) is 5.04. The Hall–Kier alpha value is -1.75. The summed E-state index contributed by atoms with van der Waals surface area (Å²) in [5, 5.41) is 0. The number of nitrogen functional groups attached to an aromatic ring is 1. The van der Waals surface area contributed by atoms with Gasteiger partial charge in [0.05, 0.1) is 10.0 Å². The SMILES string of the molecule is Nc1cccc(C(=O)c2cc(F)ccc2F)c1Br. The molecule has 0 unspecified atom stereocenters. The van der Waals surface area contributed by atoms with Crippen LogP contribution in [-0.2, 0) is 0 Å². The Morgan fingerprint density at radius 1 is 1.11 bits per heavy atom. The van der Waals surface area contributed by atoms with Gasteiger partial charge in [0.2, 0.25) is 0 Å². The summed E-state index contributed by atoms with van der Waals surface area (Å²) in [6.07, 6.45) is 0. The van der Waals surface area contributed by atoms with Crippen molar-refractivity contribution < 1.29 is 13.6 Å². The molecule has 2 rings (SSSR count). The Morgan fingerprint density at radius 3 is 2.56 bits per heavy atom. The molecule has 0 atom stereocenters. The summed E-state index contributed by atoms with van der Waals surface area (Å²) >= 11 is 3.16. The van der Waals surface area contributed by atoms with Gasteiger partial charge >= 0.3 is 0 Å². The molecule has 0 aliphatic carbocycles. The van der Waals surface area contributed by atoms with E-state index < -0.39 is 17.4 Å². The van der Waals surface area contributed by atoms with E-state index in [1.54, 1.807) is 12.1 Å². The smallest absolute Gasteiger partial charge is 0.197 e. The zero-order valence-corrected chi connectivity index (χ0v) is 10.7. The molecule has 0 saturated carbocycles. The van der Waals surface area contributed by atoms with E-state index in [1.807, 2.05) is 0 Å². The molecule has 2 aromatic rings. The summed E-state index contributed by atoms with van der Waals surface area (Å²) in [7, 11) is 0. The van der Waals surface area contributed by atoms with Crippen molar-refractivity contribution in [1.82, 2.24) is 0 Å². The van der Waals surface area contributed by atoms with E-state index in [1.165, 1.54) is 6.07 Å². The number of ketones is 1. The summed E-state index contributed by atoms with van der Waals surface area (Å²) in [5.41, 5.74) is 5.87. The van der Waals surface area contributed by atoms with E-state index in [-0.39, 0.29) is 11.1 Å². The third-order valence-electron chi connectivity index (χ3n) is 2.45. The standard InChI is InChI=1S/C13H8BrF2NO/c14-12-8(2-1-3-11(12)17)13(18)9-6-7(15)4-5-10(9)16/h1-6H,17H2. The molecule has 0 spiro atoms. The predicted octanol–water partition coefficient (Wildman–Crippen LogP) is 3.54. The lowest BCUT2D eigenvalue weighted by molar-refractivity contribution is 0.103. The second kappa shape index (κ2) is 4.86. The maximum Gasteiger partial charge on any atom is 0.197 e. The number of nitrogens with two attached hydrogens (primary N) is 1. The predicted molar refractivity (Wildman–Crippen MR) is 68.3 cm³/mol. The molecule has 0 bridgehead atoms. The highest BCUT2D eigenvalue weighted by Crippen LogP contribution is 2.26. The number of anilines is 1. The van der Waals surface area contributed by atoms with Crippen molar-refractivity contribution in [2.24, 2.45) is 0 Å². The van der Waals surface area contributed by atoms with Crippen LogP contribution in [0.1, 0.15) is 15.9 Å². The lowest BCUT2D eigenvalue weighted by Gasteiger charge is -2.07. The van der Waals surface area contributed by atoms with Gasteiger partial charge in [-0.3, -0.25) is 4.79 Å². The Balaban J connectivity index is 2.55. The summed E-state index contributed by atoms with van der Waals surface area (Å²) in [6.45, 7) is 0. The van der Waals surface area contributed by atoms with Gasteiger partial charge in [-0.25, -0.2) is 8.78 Å². The Bertz CT molecular complexity index is 624. The average molecular weight is 312 g/mol. The number of halogens is 3. The van der Waals surface area contributed by atoms with Gasteiger partial charge in [0, 0.05) is 11.3 Å².